The number of fused-ring (bicyclic) bond motifs is 1. The lowest BCUT2D eigenvalue weighted by Crippen LogP contribution is -2.22. The number of rotatable bonds is 4. The second kappa shape index (κ2) is 6.45. The Morgan fingerprint density at radius 1 is 1.15 bits per heavy atom. The first-order valence-electron chi connectivity index (χ1n) is 7.98. The minimum atomic E-state index is -2.98. The normalized spacial score (nSPS) is 19.9. The quantitative estimate of drug-likeness (QED) is 0.813. The van der Waals surface area contributed by atoms with Crippen LogP contribution in [-0.4, -0.2) is 48.6 Å². The highest BCUT2D eigenvalue weighted by Crippen LogP contribution is 2.34. The van der Waals surface area contributed by atoms with Gasteiger partial charge in [-0.05, 0) is 18.6 Å². The van der Waals surface area contributed by atoms with Gasteiger partial charge in [0, 0.05) is 30.2 Å². The first-order valence-corrected chi connectivity index (χ1v) is 9.81. The van der Waals surface area contributed by atoms with Gasteiger partial charge >= 0.3 is 0 Å². The van der Waals surface area contributed by atoms with Crippen molar-refractivity contribution >= 4 is 27.4 Å². The largest absolute Gasteiger partial charge is 0.454 e. The summed E-state index contributed by atoms with van der Waals surface area (Å²) in [4.78, 5) is 20.5. The molecule has 4 rings (SSSR count). The molecule has 1 aromatic heterocycles. The SMILES string of the molecule is O=C(Nc1ccc2c(c1)OCO2)c1cnc(NC2CCS(=O)(=O)C2)nc1. The van der Waals surface area contributed by atoms with Crippen LogP contribution in [0.4, 0.5) is 11.6 Å². The molecule has 0 aliphatic carbocycles. The molecule has 0 bridgehead atoms. The summed E-state index contributed by atoms with van der Waals surface area (Å²) in [6.07, 6.45) is 3.31. The Kier molecular flexibility index (Phi) is 4.11. The number of hydrogen-bond donors (Lipinski definition) is 2. The molecule has 0 spiro atoms. The van der Waals surface area contributed by atoms with Gasteiger partial charge in [0.25, 0.3) is 5.91 Å². The third-order valence-electron chi connectivity index (χ3n) is 4.11. The molecule has 1 unspecified atom stereocenters. The summed E-state index contributed by atoms with van der Waals surface area (Å²) in [7, 11) is -2.98. The Morgan fingerprint density at radius 2 is 1.92 bits per heavy atom. The van der Waals surface area contributed by atoms with Crippen molar-refractivity contribution in [2.24, 2.45) is 0 Å². The third kappa shape index (κ3) is 3.54. The highest BCUT2D eigenvalue weighted by Gasteiger charge is 2.28. The van der Waals surface area contributed by atoms with E-state index in [2.05, 4.69) is 20.6 Å². The lowest BCUT2D eigenvalue weighted by atomic mass is 10.2. The van der Waals surface area contributed by atoms with E-state index in [4.69, 9.17) is 9.47 Å². The Bertz CT molecular complexity index is 946. The highest BCUT2D eigenvalue weighted by molar-refractivity contribution is 7.91. The van der Waals surface area contributed by atoms with Crippen LogP contribution in [-0.2, 0) is 9.84 Å². The molecule has 1 saturated heterocycles. The summed E-state index contributed by atoms with van der Waals surface area (Å²) >= 11 is 0. The Hall–Kier alpha value is -2.88. The molecule has 26 heavy (non-hydrogen) atoms. The van der Waals surface area contributed by atoms with Crippen molar-refractivity contribution in [3.8, 4) is 11.5 Å². The van der Waals surface area contributed by atoms with Gasteiger partial charge in [-0.25, -0.2) is 18.4 Å². The molecular formula is C16H16N4O5S. The molecule has 1 aromatic carbocycles. The fraction of sp³-hybridized carbons (Fsp3) is 0.312. The molecule has 136 valence electrons. The third-order valence-corrected chi connectivity index (χ3v) is 5.88. The summed E-state index contributed by atoms with van der Waals surface area (Å²) in [5.74, 6) is 1.38. The Morgan fingerprint density at radius 3 is 2.65 bits per heavy atom. The molecule has 9 nitrogen and oxygen atoms in total. The molecular weight excluding hydrogens is 360 g/mol. The zero-order valence-corrected chi connectivity index (χ0v) is 14.5. The predicted molar refractivity (Wildman–Crippen MR) is 93.2 cm³/mol. The smallest absolute Gasteiger partial charge is 0.258 e. The van der Waals surface area contributed by atoms with Gasteiger partial charge in [-0.2, -0.15) is 0 Å². The second-order valence-corrected chi connectivity index (χ2v) is 8.29. The van der Waals surface area contributed by atoms with Crippen LogP contribution in [0.3, 0.4) is 0 Å². The van der Waals surface area contributed by atoms with Crippen molar-refractivity contribution in [3.05, 3.63) is 36.2 Å². The summed E-state index contributed by atoms with van der Waals surface area (Å²) in [5.41, 5.74) is 0.852. The number of benzene rings is 1. The van der Waals surface area contributed by atoms with Gasteiger partial charge in [-0.15, -0.1) is 0 Å². The van der Waals surface area contributed by atoms with E-state index in [1.54, 1.807) is 18.2 Å². The summed E-state index contributed by atoms with van der Waals surface area (Å²) in [6, 6.07) is 4.91. The van der Waals surface area contributed by atoms with Crippen LogP contribution < -0.4 is 20.1 Å². The average Bonchev–Trinajstić information content (AvgIpc) is 3.21. The first kappa shape index (κ1) is 16.6. The van der Waals surface area contributed by atoms with Crippen molar-refractivity contribution in [1.29, 1.82) is 0 Å². The zero-order valence-electron chi connectivity index (χ0n) is 13.6. The van der Waals surface area contributed by atoms with Crippen molar-refractivity contribution in [2.75, 3.05) is 28.9 Å². The second-order valence-electron chi connectivity index (χ2n) is 6.06. The highest BCUT2D eigenvalue weighted by atomic mass is 32.2. The summed E-state index contributed by atoms with van der Waals surface area (Å²) in [5, 5.41) is 5.71. The number of ether oxygens (including phenoxy) is 2. The molecule has 0 saturated carbocycles. The van der Waals surface area contributed by atoms with Gasteiger partial charge in [-0.3, -0.25) is 4.79 Å². The van der Waals surface area contributed by atoms with Gasteiger partial charge in [0.2, 0.25) is 12.7 Å². The van der Waals surface area contributed by atoms with Crippen LogP contribution in [0.25, 0.3) is 0 Å². The van der Waals surface area contributed by atoms with E-state index in [-0.39, 0.29) is 35.8 Å². The first-order chi connectivity index (χ1) is 12.5. The van der Waals surface area contributed by atoms with Gasteiger partial charge in [0.1, 0.15) is 0 Å². The van der Waals surface area contributed by atoms with E-state index >= 15 is 0 Å². The molecule has 2 aliphatic heterocycles. The standard InChI is InChI=1S/C16H16N4O5S/c21-15(19-11-1-2-13-14(5-11)25-9-24-13)10-6-17-16(18-7-10)20-12-3-4-26(22,23)8-12/h1-2,5-7,12H,3-4,8-9H2,(H,19,21)(H,17,18,20). The number of amides is 1. The monoisotopic (exact) mass is 376 g/mol. The van der Waals surface area contributed by atoms with Gasteiger partial charge in [0.05, 0.1) is 17.1 Å². The van der Waals surface area contributed by atoms with Crippen molar-refractivity contribution in [1.82, 2.24) is 9.97 Å². The molecule has 2 N–H and O–H groups in total. The van der Waals surface area contributed by atoms with Crippen LogP contribution in [0.15, 0.2) is 30.6 Å². The van der Waals surface area contributed by atoms with E-state index in [1.165, 1.54) is 12.4 Å². The maximum atomic E-state index is 12.3. The number of nitrogens with one attached hydrogen (secondary N) is 2. The van der Waals surface area contributed by atoms with E-state index in [1.807, 2.05) is 0 Å². The van der Waals surface area contributed by atoms with Crippen molar-refractivity contribution in [2.45, 2.75) is 12.5 Å². The lowest BCUT2D eigenvalue weighted by molar-refractivity contribution is 0.102. The maximum absolute atomic E-state index is 12.3. The molecule has 2 aliphatic rings. The number of sulfone groups is 1. The number of anilines is 2. The molecule has 0 radical (unpaired) electrons. The summed E-state index contributed by atoms with van der Waals surface area (Å²) in [6.45, 7) is 0.164. The lowest BCUT2D eigenvalue weighted by Gasteiger charge is -2.10. The van der Waals surface area contributed by atoms with Crippen LogP contribution in [0.2, 0.25) is 0 Å². The topological polar surface area (TPSA) is 120 Å². The van der Waals surface area contributed by atoms with Crippen LogP contribution in [0.5, 0.6) is 11.5 Å². The molecule has 2 aromatic rings. The summed E-state index contributed by atoms with van der Waals surface area (Å²) < 4.78 is 33.4. The zero-order chi connectivity index (χ0) is 18.1. The minimum absolute atomic E-state index is 0.0721. The predicted octanol–water partition coefficient (Wildman–Crippen LogP) is 1.06. The average molecular weight is 376 g/mol. The number of nitrogens with zero attached hydrogens (tertiary/aromatic N) is 2. The molecule has 1 atom stereocenters. The van der Waals surface area contributed by atoms with E-state index < -0.39 is 9.84 Å². The fourth-order valence-electron chi connectivity index (χ4n) is 2.79. The van der Waals surface area contributed by atoms with Crippen LogP contribution in [0.1, 0.15) is 16.8 Å². The molecule has 1 fully saturated rings. The van der Waals surface area contributed by atoms with Gasteiger partial charge < -0.3 is 20.1 Å². The van der Waals surface area contributed by atoms with E-state index in [9.17, 15) is 13.2 Å². The van der Waals surface area contributed by atoms with E-state index in [0.29, 0.717) is 29.6 Å². The number of aromatic nitrogens is 2. The van der Waals surface area contributed by atoms with E-state index in [0.717, 1.165) is 0 Å². The van der Waals surface area contributed by atoms with Crippen LogP contribution >= 0.6 is 0 Å². The van der Waals surface area contributed by atoms with Crippen molar-refractivity contribution in [3.63, 3.8) is 0 Å². The Labute approximate surface area is 149 Å². The van der Waals surface area contributed by atoms with Gasteiger partial charge in [-0.1, -0.05) is 0 Å². The number of hydrogen-bond acceptors (Lipinski definition) is 8. The van der Waals surface area contributed by atoms with Crippen LogP contribution in [0, 0.1) is 0 Å². The number of carbonyl (C=O) groups is 1. The fourth-order valence-corrected chi connectivity index (χ4v) is 4.46. The molecule has 3 heterocycles. The maximum Gasteiger partial charge on any atom is 0.258 e. The molecule has 1 amide bonds. The minimum Gasteiger partial charge on any atom is -0.454 e. The van der Waals surface area contributed by atoms with Crippen molar-refractivity contribution < 1.29 is 22.7 Å². The van der Waals surface area contributed by atoms with Gasteiger partial charge in [0.15, 0.2) is 21.3 Å². The Balaban J connectivity index is 1.39. The number of carbonyl (C=O) groups excluding carboxylic acids is 1. The molecule has 10 heteroatoms.